The average Bonchev–Trinajstić information content (AvgIpc) is 2.84. The van der Waals surface area contributed by atoms with E-state index in [0.29, 0.717) is 6.42 Å². The fourth-order valence-electron chi connectivity index (χ4n) is 1.46. The van der Waals surface area contributed by atoms with Crippen molar-refractivity contribution < 1.29 is 9.90 Å². The number of hydrogen-bond acceptors (Lipinski definition) is 5. The molecule has 1 atom stereocenters. The molecule has 0 aliphatic rings. The summed E-state index contributed by atoms with van der Waals surface area (Å²) in [5.41, 5.74) is 6.67. The maximum Gasteiger partial charge on any atom is 0.304 e. The number of thiazole rings is 1. The highest BCUT2D eigenvalue weighted by molar-refractivity contribution is 7.14. The van der Waals surface area contributed by atoms with Gasteiger partial charge >= 0.3 is 5.97 Å². The van der Waals surface area contributed by atoms with Crippen molar-refractivity contribution in [2.24, 2.45) is 5.73 Å². The molecule has 0 aliphatic heterocycles. The molecule has 0 aliphatic carbocycles. The van der Waals surface area contributed by atoms with Gasteiger partial charge in [0.2, 0.25) is 0 Å². The van der Waals surface area contributed by atoms with Crippen molar-refractivity contribution >= 4 is 28.6 Å². The highest BCUT2D eigenvalue weighted by Gasteiger charge is 2.12. The third kappa shape index (κ3) is 3.36. The molecule has 0 bridgehead atoms. The summed E-state index contributed by atoms with van der Waals surface area (Å²) in [6, 6.07) is 3.63. The molecule has 3 N–H and O–H groups in total. The Balaban J connectivity index is 2.01. The quantitative estimate of drug-likeness (QED) is 0.871. The van der Waals surface area contributed by atoms with Gasteiger partial charge in [-0.1, -0.05) is 6.07 Å². The van der Waals surface area contributed by atoms with Gasteiger partial charge in [0.25, 0.3) is 0 Å². The fraction of sp³-hybridized carbons (Fsp3) is 0.273. The first-order valence-electron chi connectivity index (χ1n) is 5.11. The van der Waals surface area contributed by atoms with Crippen LogP contribution in [0.25, 0.3) is 10.6 Å². The van der Waals surface area contributed by atoms with Crippen LogP contribution in [0.4, 0.5) is 0 Å². The molecule has 17 heavy (non-hydrogen) atoms. The molecule has 90 valence electrons. The van der Waals surface area contributed by atoms with Crippen LogP contribution in [0.3, 0.4) is 0 Å². The van der Waals surface area contributed by atoms with Crippen molar-refractivity contribution in [3.05, 3.63) is 27.9 Å². The minimum Gasteiger partial charge on any atom is -0.481 e. The molecule has 4 nitrogen and oxygen atoms in total. The van der Waals surface area contributed by atoms with Crippen LogP contribution in [0.2, 0.25) is 0 Å². The number of nitrogens with two attached hydrogens (primary N) is 1. The first-order chi connectivity index (χ1) is 8.15. The van der Waals surface area contributed by atoms with Gasteiger partial charge in [-0.2, -0.15) is 0 Å². The molecular weight excluding hydrogens is 256 g/mol. The Kier molecular flexibility index (Phi) is 3.88. The van der Waals surface area contributed by atoms with Crippen molar-refractivity contribution in [2.45, 2.75) is 18.9 Å². The molecule has 0 spiro atoms. The lowest BCUT2D eigenvalue weighted by atomic mass is 10.1. The van der Waals surface area contributed by atoms with Gasteiger partial charge in [0.1, 0.15) is 0 Å². The van der Waals surface area contributed by atoms with Gasteiger partial charge in [-0.25, -0.2) is 4.98 Å². The number of aliphatic carboxylic acids is 1. The van der Waals surface area contributed by atoms with Gasteiger partial charge in [-0.3, -0.25) is 4.79 Å². The van der Waals surface area contributed by atoms with Crippen molar-refractivity contribution in [2.75, 3.05) is 0 Å². The molecule has 0 aromatic carbocycles. The largest absolute Gasteiger partial charge is 0.481 e. The monoisotopic (exact) mass is 268 g/mol. The standard InChI is InChI=1S/C11H12N2O2S2/c12-7(5-11(14)15)4-10-13-8(6-17-10)9-2-1-3-16-9/h1-3,6-7H,4-5,12H2,(H,14,15). The van der Waals surface area contributed by atoms with Gasteiger partial charge in [0.05, 0.1) is 22.0 Å². The molecule has 0 radical (unpaired) electrons. The molecule has 2 heterocycles. The zero-order valence-electron chi connectivity index (χ0n) is 9.00. The highest BCUT2D eigenvalue weighted by atomic mass is 32.1. The number of carbonyl (C=O) groups is 1. The Hall–Kier alpha value is -1.24. The molecule has 2 aromatic heterocycles. The van der Waals surface area contributed by atoms with Gasteiger partial charge in [0.15, 0.2) is 0 Å². The first-order valence-corrected chi connectivity index (χ1v) is 6.86. The molecule has 1 unspecified atom stereocenters. The van der Waals surface area contributed by atoms with E-state index in [1.807, 2.05) is 22.9 Å². The maximum atomic E-state index is 10.5. The van der Waals surface area contributed by atoms with Gasteiger partial charge in [-0.15, -0.1) is 22.7 Å². The summed E-state index contributed by atoms with van der Waals surface area (Å²) in [7, 11) is 0. The van der Waals surface area contributed by atoms with Crippen LogP contribution in [-0.4, -0.2) is 22.1 Å². The number of rotatable bonds is 5. The topological polar surface area (TPSA) is 76.2 Å². The van der Waals surface area contributed by atoms with Gasteiger partial charge < -0.3 is 10.8 Å². The molecule has 0 amide bonds. The summed E-state index contributed by atoms with van der Waals surface area (Å²) >= 11 is 3.16. The minimum absolute atomic E-state index is 0.0199. The Morgan fingerprint density at radius 1 is 1.53 bits per heavy atom. The van der Waals surface area contributed by atoms with E-state index in [9.17, 15) is 4.79 Å². The Labute approximate surface area is 107 Å². The second kappa shape index (κ2) is 5.39. The summed E-state index contributed by atoms with van der Waals surface area (Å²) in [4.78, 5) is 16.1. The first kappa shape index (κ1) is 12.2. The van der Waals surface area contributed by atoms with Crippen LogP contribution in [0, 0.1) is 0 Å². The third-order valence-electron chi connectivity index (χ3n) is 2.20. The van der Waals surface area contributed by atoms with Crippen LogP contribution in [0.15, 0.2) is 22.9 Å². The van der Waals surface area contributed by atoms with Crippen molar-refractivity contribution in [3.63, 3.8) is 0 Å². The summed E-state index contributed by atoms with van der Waals surface area (Å²) in [5, 5.41) is 13.5. The molecular formula is C11H12N2O2S2. The maximum absolute atomic E-state index is 10.5. The number of nitrogens with zero attached hydrogens (tertiary/aromatic N) is 1. The lowest BCUT2D eigenvalue weighted by Gasteiger charge is -2.05. The average molecular weight is 268 g/mol. The number of thiophene rings is 1. The zero-order valence-corrected chi connectivity index (χ0v) is 10.6. The predicted octanol–water partition coefficient (Wildman–Crippen LogP) is 2.22. The summed E-state index contributed by atoms with van der Waals surface area (Å²) < 4.78 is 0. The molecule has 2 rings (SSSR count). The lowest BCUT2D eigenvalue weighted by molar-refractivity contribution is -0.137. The molecule has 0 saturated carbocycles. The number of hydrogen-bond donors (Lipinski definition) is 2. The fourth-order valence-corrected chi connectivity index (χ4v) is 3.11. The van der Waals surface area contributed by atoms with E-state index in [2.05, 4.69) is 4.98 Å². The van der Waals surface area contributed by atoms with E-state index in [4.69, 9.17) is 10.8 Å². The molecule has 2 aromatic rings. The third-order valence-corrected chi connectivity index (χ3v) is 3.96. The smallest absolute Gasteiger partial charge is 0.304 e. The van der Waals surface area contributed by atoms with E-state index >= 15 is 0 Å². The second-order valence-electron chi connectivity index (χ2n) is 3.67. The van der Waals surface area contributed by atoms with E-state index in [-0.39, 0.29) is 12.5 Å². The SMILES string of the molecule is NC(CC(=O)O)Cc1nc(-c2cccs2)cs1. The molecule has 6 heteroatoms. The summed E-state index contributed by atoms with van der Waals surface area (Å²) in [5.74, 6) is -0.868. The van der Waals surface area contributed by atoms with Crippen LogP contribution in [-0.2, 0) is 11.2 Å². The van der Waals surface area contributed by atoms with Gasteiger partial charge in [0, 0.05) is 17.8 Å². The predicted molar refractivity (Wildman–Crippen MR) is 69.4 cm³/mol. The van der Waals surface area contributed by atoms with Crippen molar-refractivity contribution in [1.29, 1.82) is 0 Å². The molecule has 0 saturated heterocycles. The summed E-state index contributed by atoms with van der Waals surface area (Å²) in [6.07, 6.45) is 0.496. The Morgan fingerprint density at radius 3 is 3.00 bits per heavy atom. The molecule has 0 fully saturated rings. The van der Waals surface area contributed by atoms with E-state index in [1.165, 1.54) is 11.3 Å². The highest BCUT2D eigenvalue weighted by Crippen LogP contribution is 2.26. The van der Waals surface area contributed by atoms with Crippen LogP contribution in [0.1, 0.15) is 11.4 Å². The van der Waals surface area contributed by atoms with Crippen LogP contribution in [0.5, 0.6) is 0 Å². The van der Waals surface area contributed by atoms with Crippen LogP contribution < -0.4 is 5.73 Å². The number of aromatic nitrogens is 1. The van der Waals surface area contributed by atoms with Crippen LogP contribution >= 0.6 is 22.7 Å². The van der Waals surface area contributed by atoms with E-state index < -0.39 is 5.97 Å². The lowest BCUT2D eigenvalue weighted by Crippen LogP contribution is -2.25. The minimum atomic E-state index is -0.868. The number of carboxylic acids is 1. The Morgan fingerprint density at radius 2 is 2.35 bits per heavy atom. The van der Waals surface area contributed by atoms with E-state index in [0.717, 1.165) is 15.6 Å². The summed E-state index contributed by atoms with van der Waals surface area (Å²) in [6.45, 7) is 0. The zero-order chi connectivity index (χ0) is 12.3. The number of carboxylic acid groups (broad SMARTS) is 1. The second-order valence-corrected chi connectivity index (χ2v) is 5.56. The normalized spacial score (nSPS) is 12.5. The van der Waals surface area contributed by atoms with E-state index in [1.54, 1.807) is 11.3 Å². The van der Waals surface area contributed by atoms with Crippen molar-refractivity contribution in [3.8, 4) is 10.6 Å². The van der Waals surface area contributed by atoms with Crippen molar-refractivity contribution in [1.82, 2.24) is 4.98 Å². The Bertz CT molecular complexity index is 493. The van der Waals surface area contributed by atoms with Gasteiger partial charge in [-0.05, 0) is 11.4 Å².